The topological polar surface area (TPSA) is 60.3 Å². The third-order valence-electron chi connectivity index (χ3n) is 3.94. The molecule has 5 nitrogen and oxygen atoms in total. The van der Waals surface area contributed by atoms with Crippen LogP contribution in [-0.2, 0) is 27.8 Å². The molecule has 0 aliphatic carbocycles. The number of amides is 1. The lowest BCUT2D eigenvalue weighted by Gasteiger charge is -2.33. The van der Waals surface area contributed by atoms with Gasteiger partial charge in [-0.1, -0.05) is 6.92 Å². The third kappa shape index (κ3) is 4.92. The van der Waals surface area contributed by atoms with Gasteiger partial charge in [-0.2, -0.15) is 0 Å². The molecule has 118 valence electrons. The van der Waals surface area contributed by atoms with Gasteiger partial charge in [0.05, 0.1) is 5.54 Å². The molecular formula is C16H26N2O3. The van der Waals surface area contributed by atoms with Gasteiger partial charge < -0.3 is 14.6 Å². The van der Waals surface area contributed by atoms with E-state index in [0.29, 0.717) is 6.42 Å². The second kappa shape index (κ2) is 7.29. The molecule has 0 aromatic carbocycles. The molecule has 0 radical (unpaired) electrons. The minimum Gasteiger partial charge on any atom is -0.463 e. The van der Waals surface area contributed by atoms with E-state index in [4.69, 9.17) is 4.74 Å². The van der Waals surface area contributed by atoms with Crippen molar-refractivity contribution in [2.45, 2.75) is 52.5 Å². The second-order valence-electron chi connectivity index (χ2n) is 5.65. The summed E-state index contributed by atoms with van der Waals surface area (Å²) in [5.41, 5.74) is 1.97. The summed E-state index contributed by atoms with van der Waals surface area (Å²) in [6.07, 6.45) is 4.30. The van der Waals surface area contributed by atoms with Crippen LogP contribution in [0.15, 0.2) is 12.3 Å². The summed E-state index contributed by atoms with van der Waals surface area (Å²) in [5.74, 6) is -0.430. The van der Waals surface area contributed by atoms with Crippen molar-refractivity contribution in [3.63, 3.8) is 0 Å². The molecule has 0 unspecified atom stereocenters. The number of hydrogen-bond donors (Lipinski definition) is 1. The summed E-state index contributed by atoms with van der Waals surface area (Å²) in [5, 5.41) is 2.97. The first-order valence-corrected chi connectivity index (χ1v) is 7.32. The molecule has 0 saturated carbocycles. The highest BCUT2D eigenvalue weighted by Crippen LogP contribution is 2.21. The van der Waals surface area contributed by atoms with Crippen molar-refractivity contribution in [2.24, 2.45) is 7.05 Å². The van der Waals surface area contributed by atoms with Crippen LogP contribution in [0.4, 0.5) is 0 Å². The number of esters is 1. The average Bonchev–Trinajstić information content (AvgIpc) is 2.72. The van der Waals surface area contributed by atoms with Gasteiger partial charge in [0.1, 0.15) is 6.61 Å². The number of ether oxygens (including phenoxy) is 1. The molecule has 21 heavy (non-hydrogen) atoms. The summed E-state index contributed by atoms with van der Waals surface area (Å²) in [4.78, 5) is 22.6. The van der Waals surface area contributed by atoms with Gasteiger partial charge in [0.25, 0.3) is 0 Å². The fraction of sp³-hybridized carbons (Fsp3) is 0.625. The maximum Gasteiger partial charge on any atom is 0.302 e. The number of nitrogens with zero attached hydrogens (tertiary/aromatic N) is 1. The smallest absolute Gasteiger partial charge is 0.302 e. The minimum atomic E-state index is -0.506. The van der Waals surface area contributed by atoms with Crippen molar-refractivity contribution in [3.05, 3.63) is 23.5 Å². The first-order valence-electron chi connectivity index (χ1n) is 7.32. The van der Waals surface area contributed by atoms with Gasteiger partial charge in [-0.15, -0.1) is 0 Å². The number of carbonyl (C=O) groups is 2. The van der Waals surface area contributed by atoms with Gasteiger partial charge in [-0.25, -0.2) is 0 Å². The molecule has 1 rings (SSSR count). The van der Waals surface area contributed by atoms with E-state index >= 15 is 0 Å². The first kappa shape index (κ1) is 17.3. The van der Waals surface area contributed by atoms with E-state index in [-0.39, 0.29) is 18.5 Å². The summed E-state index contributed by atoms with van der Waals surface area (Å²) in [6.45, 7) is 7.16. The van der Waals surface area contributed by atoms with Gasteiger partial charge in [0.2, 0.25) is 5.91 Å². The molecule has 1 amide bonds. The lowest BCUT2D eigenvalue weighted by atomic mass is 9.89. The Balaban J connectivity index is 2.84. The Morgan fingerprint density at radius 1 is 1.38 bits per heavy atom. The van der Waals surface area contributed by atoms with Crippen LogP contribution < -0.4 is 5.32 Å². The van der Waals surface area contributed by atoms with Crippen molar-refractivity contribution in [2.75, 3.05) is 6.61 Å². The highest BCUT2D eigenvalue weighted by molar-refractivity contribution is 5.74. The van der Waals surface area contributed by atoms with Crippen LogP contribution in [-0.4, -0.2) is 28.6 Å². The standard InChI is InChI=1S/C16H26N2O3/c1-6-16(17-13(3)19,11-21-14(4)20)9-7-15-12(2)8-10-18(15)5/h8,10H,6-7,9,11H2,1-5H3,(H,17,19)/t16-/m1/s1. The maximum absolute atomic E-state index is 11.5. The van der Waals surface area contributed by atoms with E-state index in [1.807, 2.05) is 20.2 Å². The molecule has 0 saturated heterocycles. The summed E-state index contributed by atoms with van der Waals surface area (Å²) in [6, 6.07) is 2.08. The number of aromatic nitrogens is 1. The third-order valence-corrected chi connectivity index (χ3v) is 3.94. The predicted octanol–water partition coefficient (Wildman–Crippen LogP) is 2.11. The highest BCUT2D eigenvalue weighted by Gasteiger charge is 2.30. The van der Waals surface area contributed by atoms with Crippen molar-refractivity contribution in [1.82, 2.24) is 9.88 Å². The minimum absolute atomic E-state index is 0.104. The van der Waals surface area contributed by atoms with Gasteiger partial charge in [-0.05, 0) is 37.8 Å². The Morgan fingerprint density at radius 2 is 2.05 bits per heavy atom. The molecule has 1 aromatic heterocycles. The number of aryl methyl sites for hydroxylation is 2. The lowest BCUT2D eigenvalue weighted by molar-refractivity contribution is -0.144. The van der Waals surface area contributed by atoms with E-state index in [9.17, 15) is 9.59 Å². The van der Waals surface area contributed by atoms with Crippen molar-refractivity contribution in [3.8, 4) is 0 Å². The molecule has 1 N–H and O–H groups in total. The monoisotopic (exact) mass is 294 g/mol. The maximum atomic E-state index is 11.5. The molecular weight excluding hydrogens is 268 g/mol. The van der Waals surface area contributed by atoms with Crippen LogP contribution in [0.5, 0.6) is 0 Å². The van der Waals surface area contributed by atoms with E-state index in [2.05, 4.69) is 22.9 Å². The van der Waals surface area contributed by atoms with Crippen LogP contribution in [0, 0.1) is 6.92 Å². The Hall–Kier alpha value is -1.78. The number of nitrogens with one attached hydrogen (secondary N) is 1. The molecule has 5 heteroatoms. The zero-order valence-corrected chi connectivity index (χ0v) is 13.7. The van der Waals surface area contributed by atoms with E-state index < -0.39 is 5.54 Å². The van der Waals surface area contributed by atoms with Gasteiger partial charge in [-0.3, -0.25) is 9.59 Å². The van der Waals surface area contributed by atoms with Crippen molar-refractivity contribution < 1.29 is 14.3 Å². The molecule has 0 fully saturated rings. The lowest BCUT2D eigenvalue weighted by Crippen LogP contribution is -2.51. The molecule has 0 aliphatic heterocycles. The quantitative estimate of drug-likeness (QED) is 0.784. The van der Waals surface area contributed by atoms with Crippen molar-refractivity contribution >= 4 is 11.9 Å². The van der Waals surface area contributed by atoms with Crippen LogP contribution in [0.25, 0.3) is 0 Å². The van der Waals surface area contributed by atoms with Gasteiger partial charge in [0.15, 0.2) is 0 Å². The van der Waals surface area contributed by atoms with Crippen LogP contribution >= 0.6 is 0 Å². The second-order valence-corrected chi connectivity index (χ2v) is 5.65. The summed E-state index contributed by atoms with van der Waals surface area (Å²) < 4.78 is 7.26. The number of carbonyl (C=O) groups excluding carboxylic acids is 2. The number of rotatable bonds is 7. The first-order chi connectivity index (χ1) is 9.79. The number of hydrogen-bond acceptors (Lipinski definition) is 3. The van der Waals surface area contributed by atoms with E-state index in [1.165, 1.54) is 25.1 Å². The van der Waals surface area contributed by atoms with E-state index in [1.54, 1.807) is 0 Å². The molecule has 1 heterocycles. The van der Waals surface area contributed by atoms with Crippen LogP contribution in [0.1, 0.15) is 44.9 Å². The largest absolute Gasteiger partial charge is 0.463 e. The molecule has 0 spiro atoms. The normalized spacial score (nSPS) is 13.6. The Labute approximate surface area is 126 Å². The Kier molecular flexibility index (Phi) is 6.00. The highest BCUT2D eigenvalue weighted by atomic mass is 16.5. The van der Waals surface area contributed by atoms with Crippen LogP contribution in [0.3, 0.4) is 0 Å². The SMILES string of the molecule is CC[C@@](CCc1c(C)ccn1C)(COC(C)=O)NC(C)=O. The molecule has 1 atom stereocenters. The Morgan fingerprint density at radius 3 is 2.48 bits per heavy atom. The fourth-order valence-electron chi connectivity index (χ4n) is 2.57. The van der Waals surface area contributed by atoms with E-state index in [0.717, 1.165) is 12.8 Å². The Bertz CT molecular complexity index is 488. The zero-order valence-electron chi connectivity index (χ0n) is 13.7. The van der Waals surface area contributed by atoms with Gasteiger partial charge >= 0.3 is 5.97 Å². The fourth-order valence-corrected chi connectivity index (χ4v) is 2.57. The average molecular weight is 294 g/mol. The predicted molar refractivity (Wildman–Crippen MR) is 81.9 cm³/mol. The summed E-state index contributed by atoms with van der Waals surface area (Å²) in [7, 11) is 2.01. The van der Waals surface area contributed by atoms with Gasteiger partial charge in [0, 0.05) is 32.8 Å². The molecule has 0 bridgehead atoms. The molecule has 0 aliphatic rings. The van der Waals surface area contributed by atoms with Crippen LogP contribution in [0.2, 0.25) is 0 Å². The molecule has 1 aromatic rings. The zero-order chi connectivity index (χ0) is 16.0. The summed E-state index contributed by atoms with van der Waals surface area (Å²) >= 11 is 0. The van der Waals surface area contributed by atoms with Crippen molar-refractivity contribution in [1.29, 1.82) is 0 Å².